The lowest BCUT2D eigenvalue weighted by Crippen LogP contribution is -2.21. The molecule has 3 rings (SSSR count). The summed E-state index contributed by atoms with van der Waals surface area (Å²) in [7, 11) is 0. The molecule has 0 aliphatic heterocycles. The Labute approximate surface area is 93.9 Å². The molecule has 0 saturated heterocycles. The molecule has 0 atom stereocenters. The zero-order valence-corrected chi connectivity index (χ0v) is 9.07. The lowest BCUT2D eigenvalue weighted by molar-refractivity contribution is 0.453. The minimum atomic E-state index is 0.0566. The zero-order chi connectivity index (χ0) is 11.2. The van der Waals surface area contributed by atoms with E-state index in [1.54, 1.807) is 6.07 Å². The smallest absolute Gasteiger partial charge is 0.175 e. The number of fused-ring (bicyclic) bond motifs is 1. The molecule has 1 aliphatic rings. The monoisotopic (exact) mass is 217 g/mol. The standard InChI is InChI=1S/C13H15NO2/c14-13(6-7-13)5-4-10-8-9-2-1-3-11(15)12(9)16-10/h1-3,8,15H,4-7,14H2. The molecule has 1 saturated carbocycles. The van der Waals surface area contributed by atoms with Gasteiger partial charge in [0.1, 0.15) is 5.76 Å². The first-order chi connectivity index (χ1) is 7.66. The van der Waals surface area contributed by atoms with Crippen LogP contribution in [-0.4, -0.2) is 10.6 Å². The third-order valence-corrected chi connectivity index (χ3v) is 3.34. The van der Waals surface area contributed by atoms with Gasteiger partial charge in [0.05, 0.1) is 0 Å². The summed E-state index contributed by atoms with van der Waals surface area (Å²) in [6.45, 7) is 0. The summed E-state index contributed by atoms with van der Waals surface area (Å²) in [5.74, 6) is 1.12. The van der Waals surface area contributed by atoms with Crippen molar-refractivity contribution in [2.24, 2.45) is 5.73 Å². The third-order valence-electron chi connectivity index (χ3n) is 3.34. The van der Waals surface area contributed by atoms with Gasteiger partial charge in [-0.15, -0.1) is 0 Å². The molecule has 2 aromatic rings. The average molecular weight is 217 g/mol. The second kappa shape index (κ2) is 3.25. The van der Waals surface area contributed by atoms with E-state index in [0.29, 0.717) is 5.58 Å². The number of nitrogens with two attached hydrogens (primary N) is 1. The highest BCUT2D eigenvalue weighted by atomic mass is 16.4. The summed E-state index contributed by atoms with van der Waals surface area (Å²) in [6.07, 6.45) is 4.06. The molecule has 3 nitrogen and oxygen atoms in total. The van der Waals surface area contributed by atoms with Crippen molar-refractivity contribution in [2.75, 3.05) is 0 Å². The first-order valence-electron chi connectivity index (χ1n) is 5.66. The fourth-order valence-electron chi connectivity index (χ4n) is 2.01. The van der Waals surface area contributed by atoms with E-state index in [9.17, 15) is 5.11 Å². The van der Waals surface area contributed by atoms with Gasteiger partial charge in [-0.1, -0.05) is 12.1 Å². The van der Waals surface area contributed by atoms with Crippen molar-refractivity contribution in [1.82, 2.24) is 0 Å². The number of hydrogen-bond acceptors (Lipinski definition) is 3. The molecule has 0 amide bonds. The number of aromatic hydroxyl groups is 1. The summed E-state index contributed by atoms with van der Waals surface area (Å²) >= 11 is 0. The Morgan fingerprint density at radius 3 is 2.88 bits per heavy atom. The van der Waals surface area contributed by atoms with Crippen LogP contribution >= 0.6 is 0 Å². The van der Waals surface area contributed by atoms with E-state index in [2.05, 4.69) is 0 Å². The quantitative estimate of drug-likeness (QED) is 0.830. The van der Waals surface area contributed by atoms with E-state index in [1.807, 2.05) is 18.2 Å². The molecule has 16 heavy (non-hydrogen) atoms. The fourth-order valence-corrected chi connectivity index (χ4v) is 2.01. The van der Waals surface area contributed by atoms with E-state index in [-0.39, 0.29) is 11.3 Å². The van der Waals surface area contributed by atoms with Gasteiger partial charge in [0.15, 0.2) is 11.3 Å². The maximum Gasteiger partial charge on any atom is 0.175 e. The van der Waals surface area contributed by atoms with Crippen LogP contribution in [0.5, 0.6) is 5.75 Å². The van der Waals surface area contributed by atoms with Gasteiger partial charge in [0.2, 0.25) is 0 Å². The minimum absolute atomic E-state index is 0.0566. The molecular formula is C13H15NO2. The first kappa shape index (κ1) is 9.73. The van der Waals surface area contributed by atoms with Crippen LogP contribution in [0.2, 0.25) is 0 Å². The minimum Gasteiger partial charge on any atom is -0.504 e. The average Bonchev–Trinajstić information content (AvgIpc) is 2.84. The van der Waals surface area contributed by atoms with Crippen LogP contribution in [0.25, 0.3) is 11.0 Å². The van der Waals surface area contributed by atoms with Gasteiger partial charge in [-0.2, -0.15) is 0 Å². The van der Waals surface area contributed by atoms with Gasteiger partial charge in [-0.05, 0) is 31.4 Å². The molecule has 0 unspecified atom stereocenters. The molecule has 0 bridgehead atoms. The van der Waals surface area contributed by atoms with Crippen molar-refractivity contribution in [1.29, 1.82) is 0 Å². The number of para-hydroxylation sites is 1. The molecule has 1 heterocycles. The molecule has 1 aromatic carbocycles. The lowest BCUT2D eigenvalue weighted by atomic mass is 10.1. The van der Waals surface area contributed by atoms with E-state index in [4.69, 9.17) is 10.2 Å². The third kappa shape index (κ3) is 1.67. The van der Waals surface area contributed by atoms with Crippen LogP contribution < -0.4 is 5.73 Å². The normalized spacial score (nSPS) is 17.8. The van der Waals surface area contributed by atoms with Gasteiger partial charge in [-0.3, -0.25) is 0 Å². The van der Waals surface area contributed by atoms with Gasteiger partial charge >= 0.3 is 0 Å². The number of benzene rings is 1. The highest BCUT2D eigenvalue weighted by Crippen LogP contribution is 2.37. The summed E-state index contributed by atoms with van der Waals surface area (Å²) in [4.78, 5) is 0. The predicted octanol–water partition coefficient (Wildman–Crippen LogP) is 2.56. The molecule has 0 spiro atoms. The Kier molecular flexibility index (Phi) is 1.98. The van der Waals surface area contributed by atoms with Crippen molar-refractivity contribution in [3.63, 3.8) is 0 Å². The molecule has 0 radical (unpaired) electrons. The lowest BCUT2D eigenvalue weighted by Gasteiger charge is -2.04. The molecule has 84 valence electrons. The maximum atomic E-state index is 9.61. The van der Waals surface area contributed by atoms with E-state index in [0.717, 1.165) is 36.8 Å². The van der Waals surface area contributed by atoms with Crippen molar-refractivity contribution in [3.05, 3.63) is 30.0 Å². The van der Waals surface area contributed by atoms with Gasteiger partial charge in [-0.25, -0.2) is 0 Å². The van der Waals surface area contributed by atoms with Crippen molar-refractivity contribution >= 4 is 11.0 Å². The molecule has 1 aliphatic carbocycles. The SMILES string of the molecule is NC1(CCc2cc3cccc(O)c3o2)CC1. The number of aryl methyl sites for hydroxylation is 1. The van der Waals surface area contributed by atoms with Crippen LogP contribution in [0.1, 0.15) is 25.0 Å². The first-order valence-corrected chi connectivity index (χ1v) is 5.66. The van der Waals surface area contributed by atoms with Crippen molar-refractivity contribution in [3.8, 4) is 5.75 Å². The number of furan rings is 1. The summed E-state index contributed by atoms with van der Waals surface area (Å²) in [5.41, 5.74) is 6.67. The van der Waals surface area contributed by atoms with E-state index >= 15 is 0 Å². The number of phenols is 1. The second-order valence-corrected chi connectivity index (χ2v) is 4.77. The largest absolute Gasteiger partial charge is 0.504 e. The second-order valence-electron chi connectivity index (χ2n) is 4.77. The fraction of sp³-hybridized carbons (Fsp3) is 0.385. The Balaban J connectivity index is 1.85. The van der Waals surface area contributed by atoms with Crippen molar-refractivity contribution in [2.45, 2.75) is 31.2 Å². The highest BCUT2D eigenvalue weighted by molar-refractivity contribution is 5.83. The van der Waals surface area contributed by atoms with E-state index < -0.39 is 0 Å². The van der Waals surface area contributed by atoms with Crippen LogP contribution in [0.15, 0.2) is 28.7 Å². The van der Waals surface area contributed by atoms with Crippen molar-refractivity contribution < 1.29 is 9.52 Å². The topological polar surface area (TPSA) is 59.4 Å². The molecular weight excluding hydrogens is 202 g/mol. The van der Waals surface area contributed by atoms with Gasteiger partial charge in [0.25, 0.3) is 0 Å². The number of rotatable bonds is 3. The zero-order valence-electron chi connectivity index (χ0n) is 9.07. The summed E-state index contributed by atoms with van der Waals surface area (Å²) in [5, 5.41) is 10.6. The van der Waals surface area contributed by atoms with Crippen LogP contribution in [0, 0.1) is 0 Å². The Morgan fingerprint density at radius 2 is 2.19 bits per heavy atom. The van der Waals surface area contributed by atoms with Gasteiger partial charge < -0.3 is 15.3 Å². The molecule has 1 fully saturated rings. The summed E-state index contributed by atoms with van der Waals surface area (Å²) in [6, 6.07) is 7.39. The van der Waals surface area contributed by atoms with E-state index in [1.165, 1.54) is 0 Å². The summed E-state index contributed by atoms with van der Waals surface area (Å²) < 4.78 is 5.62. The molecule has 3 N–H and O–H groups in total. The Bertz CT molecular complexity index is 526. The number of hydrogen-bond donors (Lipinski definition) is 2. The molecule has 1 aromatic heterocycles. The number of phenolic OH excluding ortho intramolecular Hbond substituents is 1. The Hall–Kier alpha value is -1.48. The van der Waals surface area contributed by atoms with Crippen LogP contribution in [-0.2, 0) is 6.42 Å². The Morgan fingerprint density at radius 1 is 1.38 bits per heavy atom. The predicted molar refractivity (Wildman–Crippen MR) is 62.4 cm³/mol. The maximum absolute atomic E-state index is 9.61. The van der Waals surface area contributed by atoms with Crippen LogP contribution in [0.3, 0.4) is 0 Å². The highest BCUT2D eigenvalue weighted by Gasteiger charge is 2.37. The van der Waals surface area contributed by atoms with Gasteiger partial charge in [0, 0.05) is 17.3 Å². The van der Waals surface area contributed by atoms with Crippen LogP contribution in [0.4, 0.5) is 0 Å². The molecule has 3 heteroatoms.